The van der Waals surface area contributed by atoms with Crippen LogP contribution in [0.3, 0.4) is 0 Å². The first-order valence-corrected chi connectivity index (χ1v) is 5.17. The van der Waals surface area contributed by atoms with E-state index >= 15 is 0 Å². The fraction of sp³-hybridized carbons (Fsp3) is 0. The number of rotatable bonds is 1. The van der Waals surface area contributed by atoms with Crippen LogP contribution in [-0.4, -0.2) is 0 Å². The Bertz CT molecular complexity index is 661. The number of benzene rings is 3. The van der Waals surface area contributed by atoms with Crippen LogP contribution >= 0.6 is 0 Å². The summed E-state index contributed by atoms with van der Waals surface area (Å²) in [5.74, 6) is 0. The molecule has 3 aromatic carbocycles. The minimum atomic E-state index is 0.517. The fourth-order valence-corrected chi connectivity index (χ4v) is 2.05. The van der Waals surface area contributed by atoms with E-state index in [-0.39, 0.29) is 0 Å². The van der Waals surface area contributed by atoms with Crippen LogP contribution in [0.25, 0.3) is 21.5 Å². The van der Waals surface area contributed by atoms with Crippen LogP contribution in [0.5, 0.6) is 0 Å². The Hall–Kier alpha value is -2.09. The van der Waals surface area contributed by atoms with Crippen LogP contribution in [0.15, 0.2) is 54.6 Å². The summed E-state index contributed by atoms with van der Waals surface area (Å²) < 4.78 is 12.6. The molecule has 0 aliphatic rings. The first kappa shape index (κ1) is 9.16. The van der Waals surface area contributed by atoms with Crippen LogP contribution in [0.1, 0.15) is 0 Å². The molecule has 0 heterocycles. The molecule has 0 spiro atoms. The highest BCUT2D eigenvalue weighted by molar-refractivity contribution is 6.03. The van der Waals surface area contributed by atoms with Crippen LogP contribution < -0.4 is 5.54 Å². The van der Waals surface area contributed by atoms with Gasteiger partial charge >= 0.3 is 0 Å². The normalized spacial score (nSPS) is 10.8. The Morgan fingerprint density at radius 1 is 0.750 bits per heavy atom. The summed E-state index contributed by atoms with van der Waals surface area (Å²) in [6, 6.07) is 17.7. The van der Waals surface area contributed by atoms with Gasteiger partial charge in [-0.05, 0) is 34.4 Å². The van der Waals surface area contributed by atoms with Gasteiger partial charge in [-0.25, -0.2) is 5.54 Å². The van der Waals surface area contributed by atoms with E-state index in [0.29, 0.717) is 5.69 Å². The lowest BCUT2D eigenvalue weighted by molar-refractivity contribution is 0.619. The van der Waals surface area contributed by atoms with E-state index in [1.54, 1.807) is 11.6 Å². The molecule has 16 heavy (non-hydrogen) atoms. The molecule has 3 rings (SSSR count). The Kier molecular flexibility index (Phi) is 2.00. The number of hydrogen-bond acceptors (Lipinski definition) is 1. The second-order valence-electron chi connectivity index (χ2n) is 3.82. The molecule has 2 heteroatoms. The van der Waals surface area contributed by atoms with Crippen LogP contribution in [-0.2, 0) is 0 Å². The molecular formula is C14H10FN. The molecule has 0 amide bonds. The molecule has 0 aliphatic carbocycles. The van der Waals surface area contributed by atoms with Gasteiger partial charge in [-0.1, -0.05) is 36.4 Å². The van der Waals surface area contributed by atoms with Gasteiger partial charge in [0.1, 0.15) is 0 Å². The van der Waals surface area contributed by atoms with E-state index in [1.807, 2.05) is 36.4 Å². The molecule has 1 nitrogen and oxygen atoms in total. The Morgan fingerprint density at radius 2 is 1.44 bits per heavy atom. The molecule has 78 valence electrons. The first-order valence-electron chi connectivity index (χ1n) is 5.17. The monoisotopic (exact) mass is 211 g/mol. The molecule has 0 unspecified atom stereocenters. The van der Waals surface area contributed by atoms with Gasteiger partial charge in [-0.2, -0.15) is 0 Å². The molecule has 1 N–H and O–H groups in total. The van der Waals surface area contributed by atoms with Gasteiger partial charge in [-0.3, -0.25) is 0 Å². The largest absolute Gasteiger partial charge is 0.224 e. The van der Waals surface area contributed by atoms with Gasteiger partial charge in [-0.15, -0.1) is 4.48 Å². The lowest BCUT2D eigenvalue weighted by atomic mass is 10.0. The van der Waals surface area contributed by atoms with Gasteiger partial charge in [0.05, 0.1) is 5.69 Å². The van der Waals surface area contributed by atoms with E-state index in [1.165, 1.54) is 5.39 Å². The van der Waals surface area contributed by atoms with Gasteiger partial charge in [0, 0.05) is 5.39 Å². The van der Waals surface area contributed by atoms with Crippen LogP contribution in [0.2, 0.25) is 0 Å². The third kappa shape index (κ3) is 1.31. The van der Waals surface area contributed by atoms with Crippen molar-refractivity contribution in [3.8, 4) is 0 Å². The van der Waals surface area contributed by atoms with Crippen molar-refractivity contribution >= 4 is 27.2 Å². The molecule has 0 atom stereocenters. The van der Waals surface area contributed by atoms with E-state index in [2.05, 4.69) is 12.1 Å². The van der Waals surface area contributed by atoms with E-state index in [4.69, 9.17) is 0 Å². The average molecular weight is 211 g/mol. The first-order chi connectivity index (χ1) is 7.88. The molecular weight excluding hydrogens is 201 g/mol. The maximum Gasteiger partial charge on any atom is 0.0734 e. The van der Waals surface area contributed by atoms with Crippen molar-refractivity contribution in [2.45, 2.75) is 0 Å². The summed E-state index contributed by atoms with van der Waals surface area (Å²) in [4.78, 5) is 0. The molecule has 0 saturated carbocycles. The number of nitrogens with one attached hydrogen (secondary N) is 1. The number of fused-ring (bicyclic) bond motifs is 2. The highest BCUT2D eigenvalue weighted by Crippen LogP contribution is 2.28. The van der Waals surface area contributed by atoms with Gasteiger partial charge in [0.25, 0.3) is 0 Å². The van der Waals surface area contributed by atoms with Crippen LogP contribution in [0, 0.1) is 0 Å². The highest BCUT2D eigenvalue weighted by Gasteiger charge is 2.01. The quantitative estimate of drug-likeness (QED) is 0.467. The van der Waals surface area contributed by atoms with Crippen molar-refractivity contribution in [2.24, 2.45) is 0 Å². The standard InChI is InChI=1S/C14H10FN/c15-16-14-7-3-6-12-8-10-4-1-2-5-11(10)9-13(12)14/h1-9,16H. The predicted molar refractivity (Wildman–Crippen MR) is 66.2 cm³/mol. The lowest BCUT2D eigenvalue weighted by Crippen LogP contribution is -1.84. The smallest absolute Gasteiger partial charge is 0.0734 e. The summed E-state index contributed by atoms with van der Waals surface area (Å²) in [5, 5.41) is 4.24. The zero-order chi connectivity index (χ0) is 11.0. The van der Waals surface area contributed by atoms with Crippen molar-refractivity contribution in [1.29, 1.82) is 0 Å². The van der Waals surface area contributed by atoms with Crippen molar-refractivity contribution < 1.29 is 4.48 Å². The molecule has 0 aliphatic heterocycles. The van der Waals surface area contributed by atoms with Gasteiger partial charge < -0.3 is 0 Å². The van der Waals surface area contributed by atoms with Crippen molar-refractivity contribution in [3.05, 3.63) is 54.6 Å². The number of hydrogen-bond donors (Lipinski definition) is 1. The third-order valence-electron chi connectivity index (χ3n) is 2.85. The Balaban J connectivity index is 2.46. The Morgan fingerprint density at radius 3 is 2.19 bits per heavy atom. The minimum absolute atomic E-state index is 0.517. The third-order valence-corrected chi connectivity index (χ3v) is 2.85. The minimum Gasteiger partial charge on any atom is -0.224 e. The number of halogens is 1. The van der Waals surface area contributed by atoms with Gasteiger partial charge in [0.15, 0.2) is 0 Å². The summed E-state index contributed by atoms with van der Waals surface area (Å²) >= 11 is 0. The second kappa shape index (κ2) is 3.49. The number of anilines is 1. The Labute approximate surface area is 92.4 Å². The summed E-state index contributed by atoms with van der Waals surface area (Å²) in [6.45, 7) is 0. The summed E-state index contributed by atoms with van der Waals surface area (Å²) in [7, 11) is 0. The second-order valence-corrected chi connectivity index (χ2v) is 3.82. The van der Waals surface area contributed by atoms with E-state index in [0.717, 1.165) is 16.2 Å². The molecule has 0 saturated heterocycles. The molecule has 0 aromatic heterocycles. The average Bonchev–Trinajstić information content (AvgIpc) is 2.35. The highest BCUT2D eigenvalue weighted by atomic mass is 19.2. The van der Waals surface area contributed by atoms with Crippen molar-refractivity contribution in [3.63, 3.8) is 0 Å². The maximum atomic E-state index is 12.6. The maximum absolute atomic E-state index is 12.6. The zero-order valence-electron chi connectivity index (χ0n) is 8.57. The van der Waals surface area contributed by atoms with E-state index in [9.17, 15) is 4.48 Å². The molecule has 0 fully saturated rings. The van der Waals surface area contributed by atoms with Crippen molar-refractivity contribution in [1.82, 2.24) is 0 Å². The van der Waals surface area contributed by atoms with Gasteiger partial charge in [0.2, 0.25) is 0 Å². The summed E-state index contributed by atoms with van der Waals surface area (Å²) in [5.41, 5.74) is 2.25. The van der Waals surface area contributed by atoms with Crippen molar-refractivity contribution in [2.75, 3.05) is 5.54 Å². The molecule has 0 radical (unpaired) electrons. The van der Waals surface area contributed by atoms with Crippen LogP contribution in [0.4, 0.5) is 10.2 Å². The lowest BCUT2D eigenvalue weighted by Gasteiger charge is -2.05. The fourth-order valence-electron chi connectivity index (χ4n) is 2.05. The predicted octanol–water partition coefficient (Wildman–Crippen LogP) is 4.29. The SMILES string of the molecule is FNc1cccc2cc3ccccc3cc12. The topological polar surface area (TPSA) is 12.0 Å². The molecule has 3 aromatic rings. The zero-order valence-corrected chi connectivity index (χ0v) is 8.57. The summed E-state index contributed by atoms with van der Waals surface area (Å²) in [6.07, 6.45) is 0. The molecule has 0 bridgehead atoms. The van der Waals surface area contributed by atoms with E-state index < -0.39 is 0 Å².